The van der Waals surface area contributed by atoms with Crippen LogP contribution in [0.2, 0.25) is 0 Å². The van der Waals surface area contributed by atoms with E-state index in [1.165, 1.54) is 21.1 Å². The Balaban J connectivity index is 1.84. The van der Waals surface area contributed by atoms with Crippen molar-refractivity contribution < 1.29 is 28.6 Å². The summed E-state index contributed by atoms with van der Waals surface area (Å²) in [5, 5.41) is 5.07. The largest absolute Gasteiger partial charge is 0.497 e. The van der Waals surface area contributed by atoms with Gasteiger partial charge in [-0.2, -0.15) is 0 Å². The Kier molecular flexibility index (Phi) is 7.38. The first-order valence-electron chi connectivity index (χ1n) is 8.50. The number of ether oxygens (including phenoxy) is 3. The molecule has 8 nitrogen and oxygen atoms in total. The second kappa shape index (κ2) is 9.96. The molecule has 2 N–H and O–H groups in total. The minimum absolute atomic E-state index is 0.342. The summed E-state index contributed by atoms with van der Waals surface area (Å²) in [4.78, 5) is 36.2. The van der Waals surface area contributed by atoms with E-state index in [1.54, 1.807) is 48.5 Å². The highest BCUT2D eigenvalue weighted by Gasteiger charge is 2.19. The maximum absolute atomic E-state index is 12.2. The highest BCUT2D eigenvalue weighted by atomic mass is 16.5. The number of hydrogen-bond donors (Lipinski definition) is 2. The zero-order valence-corrected chi connectivity index (χ0v) is 15.9. The number of carbonyl (C=O) groups is 3. The molecule has 0 radical (unpaired) electrons. The fraction of sp³-hybridized carbons (Fsp3) is 0.250. The minimum Gasteiger partial charge on any atom is -0.497 e. The molecule has 148 valence electrons. The van der Waals surface area contributed by atoms with Crippen LogP contribution in [0.15, 0.2) is 48.5 Å². The summed E-state index contributed by atoms with van der Waals surface area (Å²) in [5.74, 6) is -0.699. The van der Waals surface area contributed by atoms with E-state index in [-0.39, 0.29) is 6.54 Å². The molecule has 0 unspecified atom stereocenters. The molecular formula is C20H22N2O6. The number of methoxy groups -OCH3 is 2. The Morgan fingerprint density at radius 2 is 1.75 bits per heavy atom. The van der Waals surface area contributed by atoms with Gasteiger partial charge >= 0.3 is 5.97 Å². The third-order valence-corrected chi connectivity index (χ3v) is 3.77. The third kappa shape index (κ3) is 5.73. The van der Waals surface area contributed by atoms with Crippen LogP contribution in [0.1, 0.15) is 17.3 Å². The fourth-order valence-electron chi connectivity index (χ4n) is 2.29. The number of benzene rings is 2. The molecule has 2 aromatic rings. The van der Waals surface area contributed by atoms with Gasteiger partial charge < -0.3 is 24.8 Å². The van der Waals surface area contributed by atoms with E-state index in [0.29, 0.717) is 22.7 Å². The normalized spacial score (nSPS) is 11.1. The zero-order chi connectivity index (χ0) is 20.5. The summed E-state index contributed by atoms with van der Waals surface area (Å²) in [7, 11) is 2.98. The molecule has 0 aliphatic carbocycles. The first-order chi connectivity index (χ1) is 13.4. The van der Waals surface area contributed by atoms with Gasteiger partial charge in [-0.1, -0.05) is 18.2 Å². The molecule has 1 atom stereocenters. The first kappa shape index (κ1) is 20.8. The molecule has 0 aromatic heterocycles. The third-order valence-electron chi connectivity index (χ3n) is 3.77. The number of para-hydroxylation sites is 2. The summed E-state index contributed by atoms with van der Waals surface area (Å²) >= 11 is 0. The van der Waals surface area contributed by atoms with Gasteiger partial charge in [0.15, 0.2) is 6.10 Å². The van der Waals surface area contributed by atoms with Crippen LogP contribution < -0.4 is 20.1 Å². The first-order valence-corrected chi connectivity index (χ1v) is 8.50. The molecule has 2 rings (SSSR count). The predicted molar refractivity (Wildman–Crippen MR) is 103 cm³/mol. The van der Waals surface area contributed by atoms with Crippen molar-refractivity contribution in [2.24, 2.45) is 0 Å². The van der Waals surface area contributed by atoms with Gasteiger partial charge in [0.1, 0.15) is 18.0 Å². The summed E-state index contributed by atoms with van der Waals surface area (Å²) in [6.07, 6.45) is -1.05. The Morgan fingerprint density at radius 3 is 2.46 bits per heavy atom. The molecule has 0 aliphatic rings. The van der Waals surface area contributed by atoms with Gasteiger partial charge in [0.05, 0.1) is 19.9 Å². The van der Waals surface area contributed by atoms with Crippen LogP contribution in [0.3, 0.4) is 0 Å². The molecule has 0 spiro atoms. The Hall–Kier alpha value is -3.55. The molecule has 0 aliphatic heterocycles. The van der Waals surface area contributed by atoms with Crippen LogP contribution in [-0.4, -0.2) is 44.7 Å². The second-order valence-electron chi connectivity index (χ2n) is 5.74. The van der Waals surface area contributed by atoms with E-state index in [0.717, 1.165) is 0 Å². The van der Waals surface area contributed by atoms with Crippen molar-refractivity contribution in [3.8, 4) is 11.5 Å². The van der Waals surface area contributed by atoms with Gasteiger partial charge in [0, 0.05) is 5.56 Å². The standard InChI is InChI=1S/C20H22N2O6/c1-13(19(24)22-16-9-4-5-10-17(16)27-3)28-18(23)12-21-20(25)14-7-6-8-15(11-14)26-2/h4-11,13H,12H2,1-3H3,(H,21,25)(H,22,24)/t13-/m0/s1. The molecule has 8 heteroatoms. The minimum atomic E-state index is -1.05. The van der Waals surface area contributed by atoms with Crippen molar-refractivity contribution in [2.45, 2.75) is 13.0 Å². The van der Waals surface area contributed by atoms with Crippen molar-refractivity contribution >= 4 is 23.5 Å². The van der Waals surface area contributed by atoms with Crippen LogP contribution in [0.4, 0.5) is 5.69 Å². The SMILES string of the molecule is COc1cccc(C(=O)NCC(=O)O[C@@H](C)C(=O)Nc2ccccc2OC)c1. The predicted octanol–water partition coefficient (Wildman–Crippen LogP) is 2.00. The average Bonchev–Trinajstić information content (AvgIpc) is 2.72. The highest BCUT2D eigenvalue weighted by molar-refractivity contribution is 5.98. The average molecular weight is 386 g/mol. The Morgan fingerprint density at radius 1 is 1.00 bits per heavy atom. The van der Waals surface area contributed by atoms with E-state index in [2.05, 4.69) is 10.6 Å². The van der Waals surface area contributed by atoms with Crippen molar-refractivity contribution in [1.29, 1.82) is 0 Å². The van der Waals surface area contributed by atoms with Gasteiger partial charge in [-0.05, 0) is 37.3 Å². The van der Waals surface area contributed by atoms with Gasteiger partial charge in [0.2, 0.25) is 0 Å². The van der Waals surface area contributed by atoms with Crippen molar-refractivity contribution in [2.75, 3.05) is 26.1 Å². The lowest BCUT2D eigenvalue weighted by Crippen LogP contribution is -2.35. The van der Waals surface area contributed by atoms with Gasteiger partial charge in [-0.15, -0.1) is 0 Å². The van der Waals surface area contributed by atoms with Crippen molar-refractivity contribution in [3.63, 3.8) is 0 Å². The number of rotatable bonds is 8. The summed E-state index contributed by atoms with van der Waals surface area (Å²) < 4.78 is 15.3. The number of esters is 1. The molecule has 2 aromatic carbocycles. The van der Waals surface area contributed by atoms with E-state index < -0.39 is 23.9 Å². The number of hydrogen-bond acceptors (Lipinski definition) is 6. The number of anilines is 1. The number of carbonyl (C=O) groups excluding carboxylic acids is 3. The smallest absolute Gasteiger partial charge is 0.326 e. The second-order valence-corrected chi connectivity index (χ2v) is 5.74. The summed E-state index contributed by atoms with van der Waals surface area (Å²) in [5.41, 5.74) is 0.804. The molecule has 2 amide bonds. The molecule has 0 fully saturated rings. The van der Waals surface area contributed by atoms with E-state index in [4.69, 9.17) is 14.2 Å². The van der Waals surface area contributed by atoms with Gasteiger partial charge in [-0.3, -0.25) is 14.4 Å². The van der Waals surface area contributed by atoms with Crippen LogP contribution in [0.25, 0.3) is 0 Å². The topological polar surface area (TPSA) is 103 Å². The van der Waals surface area contributed by atoms with Crippen LogP contribution >= 0.6 is 0 Å². The summed E-state index contributed by atoms with van der Waals surface area (Å²) in [6.45, 7) is 1.06. The molecule has 0 saturated carbocycles. The molecule has 28 heavy (non-hydrogen) atoms. The lowest BCUT2D eigenvalue weighted by molar-refractivity contribution is -0.152. The van der Waals surface area contributed by atoms with Crippen molar-refractivity contribution in [3.05, 3.63) is 54.1 Å². The fourth-order valence-corrected chi connectivity index (χ4v) is 2.29. The number of nitrogens with one attached hydrogen (secondary N) is 2. The number of amides is 2. The lowest BCUT2D eigenvalue weighted by atomic mass is 10.2. The van der Waals surface area contributed by atoms with Crippen molar-refractivity contribution in [1.82, 2.24) is 5.32 Å². The van der Waals surface area contributed by atoms with E-state index in [9.17, 15) is 14.4 Å². The van der Waals surface area contributed by atoms with Crippen LogP contribution in [0, 0.1) is 0 Å². The summed E-state index contributed by atoms with van der Waals surface area (Å²) in [6, 6.07) is 13.4. The maximum atomic E-state index is 12.2. The monoisotopic (exact) mass is 386 g/mol. The van der Waals surface area contributed by atoms with E-state index >= 15 is 0 Å². The quantitative estimate of drug-likeness (QED) is 0.673. The molecule has 0 saturated heterocycles. The van der Waals surface area contributed by atoms with E-state index in [1.807, 2.05) is 0 Å². The molecular weight excluding hydrogens is 364 g/mol. The zero-order valence-electron chi connectivity index (χ0n) is 15.9. The van der Waals surface area contributed by atoms with Crippen LogP contribution in [0.5, 0.6) is 11.5 Å². The molecule has 0 heterocycles. The highest BCUT2D eigenvalue weighted by Crippen LogP contribution is 2.23. The van der Waals surface area contributed by atoms with Gasteiger partial charge in [-0.25, -0.2) is 0 Å². The Bertz CT molecular complexity index is 852. The van der Waals surface area contributed by atoms with Crippen LogP contribution in [-0.2, 0) is 14.3 Å². The Labute approximate surface area is 162 Å². The molecule has 0 bridgehead atoms. The van der Waals surface area contributed by atoms with Gasteiger partial charge in [0.25, 0.3) is 11.8 Å². The maximum Gasteiger partial charge on any atom is 0.326 e. The lowest BCUT2D eigenvalue weighted by Gasteiger charge is -2.15.